The second-order valence-corrected chi connectivity index (χ2v) is 7.37. The number of alkyl halides is 1. The quantitative estimate of drug-likeness (QED) is 0.809. The Bertz CT molecular complexity index is 619. The second kappa shape index (κ2) is 6.55. The van der Waals surface area contributed by atoms with Crippen molar-refractivity contribution >= 4 is 34.5 Å². The van der Waals surface area contributed by atoms with Crippen LogP contribution in [0.2, 0.25) is 0 Å². The maximum Gasteiger partial charge on any atom is 0.160 e. The fourth-order valence-electron chi connectivity index (χ4n) is 2.70. The first-order valence-electron chi connectivity index (χ1n) is 7.43. The highest BCUT2D eigenvalue weighted by Gasteiger charge is 2.17. The van der Waals surface area contributed by atoms with Crippen LogP contribution in [0.3, 0.4) is 0 Å². The standard InChI is InChI=1S/C15H21ClN4S/c1-11-3-4-13-15(17-11)20(14(18-13)12(2)16)6-5-19-7-9-21-10-8-19/h3-4,12H,5-10H2,1-2H3. The zero-order valence-corrected chi connectivity index (χ0v) is 14.1. The number of hydrogen-bond donors (Lipinski definition) is 0. The Labute approximate surface area is 134 Å². The molecule has 1 aliphatic heterocycles. The Morgan fingerprint density at radius 3 is 2.71 bits per heavy atom. The number of aromatic nitrogens is 3. The minimum absolute atomic E-state index is 0.101. The first-order chi connectivity index (χ1) is 10.1. The van der Waals surface area contributed by atoms with Gasteiger partial charge in [-0.3, -0.25) is 4.90 Å². The molecular formula is C15H21ClN4S. The normalized spacial score (nSPS) is 18.2. The molecule has 1 fully saturated rings. The molecule has 2 aromatic rings. The average molecular weight is 325 g/mol. The van der Waals surface area contributed by atoms with Crippen LogP contribution in [0.15, 0.2) is 12.1 Å². The third kappa shape index (κ3) is 3.35. The highest BCUT2D eigenvalue weighted by Crippen LogP contribution is 2.24. The van der Waals surface area contributed by atoms with Crippen LogP contribution in [0, 0.1) is 6.92 Å². The van der Waals surface area contributed by atoms with Crippen molar-refractivity contribution < 1.29 is 0 Å². The summed E-state index contributed by atoms with van der Waals surface area (Å²) in [5.41, 5.74) is 2.92. The molecule has 0 aromatic carbocycles. The number of thioether (sulfide) groups is 1. The van der Waals surface area contributed by atoms with Gasteiger partial charge in [0.15, 0.2) is 5.65 Å². The van der Waals surface area contributed by atoms with Crippen molar-refractivity contribution in [1.29, 1.82) is 0 Å². The van der Waals surface area contributed by atoms with Crippen molar-refractivity contribution in [3.63, 3.8) is 0 Å². The third-order valence-corrected chi connectivity index (χ3v) is 5.00. The van der Waals surface area contributed by atoms with Gasteiger partial charge in [0.25, 0.3) is 0 Å². The zero-order valence-electron chi connectivity index (χ0n) is 12.5. The smallest absolute Gasteiger partial charge is 0.160 e. The molecule has 4 nitrogen and oxygen atoms in total. The highest BCUT2D eigenvalue weighted by molar-refractivity contribution is 7.99. The van der Waals surface area contributed by atoms with Gasteiger partial charge in [0.2, 0.25) is 0 Å². The molecule has 0 saturated carbocycles. The molecule has 3 heterocycles. The van der Waals surface area contributed by atoms with E-state index in [1.807, 2.05) is 37.7 Å². The summed E-state index contributed by atoms with van der Waals surface area (Å²) in [6, 6.07) is 4.04. The fraction of sp³-hybridized carbons (Fsp3) is 0.600. The maximum atomic E-state index is 6.31. The molecule has 0 bridgehead atoms. The van der Waals surface area contributed by atoms with Gasteiger partial charge in [0, 0.05) is 43.4 Å². The fourth-order valence-corrected chi connectivity index (χ4v) is 3.85. The van der Waals surface area contributed by atoms with E-state index in [2.05, 4.69) is 19.4 Å². The second-order valence-electron chi connectivity index (χ2n) is 5.49. The minimum atomic E-state index is -0.101. The Morgan fingerprint density at radius 2 is 2.00 bits per heavy atom. The highest BCUT2D eigenvalue weighted by atomic mass is 35.5. The van der Waals surface area contributed by atoms with Crippen molar-refractivity contribution in [2.75, 3.05) is 31.1 Å². The van der Waals surface area contributed by atoms with Crippen molar-refractivity contribution in [1.82, 2.24) is 19.4 Å². The van der Waals surface area contributed by atoms with Gasteiger partial charge in [-0.2, -0.15) is 11.8 Å². The summed E-state index contributed by atoms with van der Waals surface area (Å²) < 4.78 is 2.20. The summed E-state index contributed by atoms with van der Waals surface area (Å²) in [6.45, 7) is 8.29. The summed E-state index contributed by atoms with van der Waals surface area (Å²) in [5, 5.41) is -0.101. The minimum Gasteiger partial charge on any atom is -0.310 e. The van der Waals surface area contributed by atoms with Gasteiger partial charge in [0.05, 0.1) is 5.38 Å². The lowest BCUT2D eigenvalue weighted by Gasteiger charge is -2.26. The van der Waals surface area contributed by atoms with Crippen LogP contribution in [0.25, 0.3) is 11.2 Å². The van der Waals surface area contributed by atoms with Gasteiger partial charge in [-0.05, 0) is 26.0 Å². The summed E-state index contributed by atoms with van der Waals surface area (Å²) in [6.07, 6.45) is 0. The molecule has 21 heavy (non-hydrogen) atoms. The molecule has 114 valence electrons. The Hall–Kier alpha value is -0.780. The van der Waals surface area contributed by atoms with Gasteiger partial charge in [-0.25, -0.2) is 9.97 Å². The molecule has 2 aromatic heterocycles. The van der Waals surface area contributed by atoms with Crippen molar-refractivity contribution in [2.24, 2.45) is 0 Å². The van der Waals surface area contributed by atoms with E-state index in [1.165, 1.54) is 24.6 Å². The van der Waals surface area contributed by atoms with Crippen molar-refractivity contribution in [2.45, 2.75) is 25.8 Å². The van der Waals surface area contributed by atoms with E-state index >= 15 is 0 Å². The van der Waals surface area contributed by atoms with E-state index in [1.54, 1.807) is 0 Å². The number of imidazole rings is 1. The first-order valence-corrected chi connectivity index (χ1v) is 9.02. The lowest BCUT2D eigenvalue weighted by atomic mass is 10.3. The SMILES string of the molecule is Cc1ccc2nc(C(C)Cl)n(CCN3CCSCC3)c2n1. The summed E-state index contributed by atoms with van der Waals surface area (Å²) in [7, 11) is 0. The molecule has 1 atom stereocenters. The maximum absolute atomic E-state index is 6.31. The Kier molecular flexibility index (Phi) is 4.72. The van der Waals surface area contributed by atoms with Crippen LogP contribution in [0.1, 0.15) is 23.8 Å². The molecule has 0 radical (unpaired) electrons. The molecule has 6 heteroatoms. The van der Waals surface area contributed by atoms with Crippen LogP contribution in [0.5, 0.6) is 0 Å². The van der Waals surface area contributed by atoms with E-state index in [9.17, 15) is 0 Å². The number of aryl methyl sites for hydroxylation is 1. The topological polar surface area (TPSA) is 34.0 Å². The number of fused-ring (bicyclic) bond motifs is 1. The van der Waals surface area contributed by atoms with Crippen LogP contribution < -0.4 is 0 Å². The average Bonchev–Trinajstić information content (AvgIpc) is 2.84. The molecule has 1 aliphatic rings. The molecular weight excluding hydrogens is 304 g/mol. The van der Waals surface area contributed by atoms with Crippen LogP contribution in [-0.4, -0.2) is 50.6 Å². The molecule has 3 rings (SSSR count). The van der Waals surface area contributed by atoms with Crippen molar-refractivity contribution in [3.05, 3.63) is 23.7 Å². The Morgan fingerprint density at radius 1 is 1.24 bits per heavy atom. The van der Waals surface area contributed by atoms with E-state index in [-0.39, 0.29) is 5.38 Å². The van der Waals surface area contributed by atoms with Crippen LogP contribution >= 0.6 is 23.4 Å². The number of hydrogen-bond acceptors (Lipinski definition) is 4. The van der Waals surface area contributed by atoms with E-state index in [4.69, 9.17) is 11.6 Å². The zero-order chi connectivity index (χ0) is 14.8. The number of halogens is 1. The lowest BCUT2D eigenvalue weighted by Crippen LogP contribution is -2.35. The molecule has 0 N–H and O–H groups in total. The van der Waals surface area contributed by atoms with E-state index < -0.39 is 0 Å². The van der Waals surface area contributed by atoms with E-state index in [0.717, 1.165) is 35.8 Å². The number of nitrogens with zero attached hydrogens (tertiary/aromatic N) is 4. The lowest BCUT2D eigenvalue weighted by molar-refractivity contribution is 0.289. The molecule has 0 spiro atoms. The molecule has 1 saturated heterocycles. The third-order valence-electron chi connectivity index (χ3n) is 3.86. The van der Waals surface area contributed by atoms with Crippen molar-refractivity contribution in [3.8, 4) is 0 Å². The molecule has 0 amide bonds. The summed E-state index contributed by atoms with van der Waals surface area (Å²) in [5.74, 6) is 3.40. The van der Waals surface area contributed by atoms with Gasteiger partial charge in [0.1, 0.15) is 11.3 Å². The predicted molar refractivity (Wildman–Crippen MR) is 90.3 cm³/mol. The summed E-state index contributed by atoms with van der Waals surface area (Å²) >= 11 is 8.35. The largest absolute Gasteiger partial charge is 0.310 e. The monoisotopic (exact) mass is 324 g/mol. The predicted octanol–water partition coefficient (Wildman–Crippen LogP) is 3.09. The van der Waals surface area contributed by atoms with Gasteiger partial charge in [-0.1, -0.05) is 0 Å². The number of rotatable bonds is 4. The summed E-state index contributed by atoms with van der Waals surface area (Å²) in [4.78, 5) is 11.8. The van der Waals surface area contributed by atoms with Crippen LogP contribution in [0.4, 0.5) is 0 Å². The molecule has 0 aliphatic carbocycles. The van der Waals surface area contributed by atoms with Gasteiger partial charge < -0.3 is 4.57 Å². The van der Waals surface area contributed by atoms with Gasteiger partial charge >= 0.3 is 0 Å². The van der Waals surface area contributed by atoms with E-state index in [0.29, 0.717) is 0 Å². The Balaban J connectivity index is 1.87. The number of pyridine rings is 1. The first kappa shape index (κ1) is 15.1. The molecule has 1 unspecified atom stereocenters. The van der Waals surface area contributed by atoms with Gasteiger partial charge in [-0.15, -0.1) is 11.6 Å². The van der Waals surface area contributed by atoms with Crippen LogP contribution in [-0.2, 0) is 6.54 Å².